The van der Waals surface area contributed by atoms with Gasteiger partial charge in [0.25, 0.3) is 5.91 Å². The molecule has 1 aromatic carbocycles. The Bertz CT molecular complexity index is 490. The van der Waals surface area contributed by atoms with Gasteiger partial charge in [-0.05, 0) is 55.9 Å². The highest BCUT2D eigenvalue weighted by Gasteiger charge is 2.21. The Morgan fingerprint density at radius 3 is 2.48 bits per heavy atom. The third kappa shape index (κ3) is 4.23. The molecule has 2 rings (SSSR count). The fourth-order valence-corrected chi connectivity index (χ4v) is 3.02. The van der Waals surface area contributed by atoms with Crippen LogP contribution in [0.4, 0.5) is 0 Å². The van der Waals surface area contributed by atoms with Gasteiger partial charge in [0, 0.05) is 6.04 Å². The van der Waals surface area contributed by atoms with Crippen molar-refractivity contribution in [1.82, 2.24) is 5.32 Å². The quantitative estimate of drug-likeness (QED) is 0.891. The zero-order valence-electron chi connectivity index (χ0n) is 13.6. The van der Waals surface area contributed by atoms with Crippen LogP contribution in [0, 0.1) is 6.92 Å². The summed E-state index contributed by atoms with van der Waals surface area (Å²) in [5.41, 5.74) is 2.54. The molecule has 1 unspecified atom stereocenters. The molecule has 0 radical (unpaired) electrons. The molecule has 0 aromatic heterocycles. The molecule has 3 heteroatoms. The fraction of sp³-hybridized carbons (Fsp3) is 0.611. The summed E-state index contributed by atoms with van der Waals surface area (Å²) < 4.78 is 5.79. The molecule has 1 fully saturated rings. The lowest BCUT2D eigenvalue weighted by molar-refractivity contribution is -0.127. The highest BCUT2D eigenvalue weighted by molar-refractivity contribution is 5.81. The Kier molecular flexibility index (Phi) is 5.27. The number of carbonyl (C=O) groups is 1. The van der Waals surface area contributed by atoms with Gasteiger partial charge in [-0.2, -0.15) is 0 Å². The van der Waals surface area contributed by atoms with Gasteiger partial charge in [-0.3, -0.25) is 4.79 Å². The molecule has 3 nitrogen and oxygen atoms in total. The molecule has 0 aliphatic heterocycles. The van der Waals surface area contributed by atoms with E-state index < -0.39 is 6.10 Å². The number of benzene rings is 1. The predicted molar refractivity (Wildman–Crippen MR) is 85.8 cm³/mol. The van der Waals surface area contributed by atoms with E-state index >= 15 is 0 Å². The van der Waals surface area contributed by atoms with Gasteiger partial charge in [0.15, 0.2) is 6.10 Å². The molecule has 1 aromatic rings. The van der Waals surface area contributed by atoms with Crippen LogP contribution in [0.15, 0.2) is 18.2 Å². The summed E-state index contributed by atoms with van der Waals surface area (Å²) in [5.74, 6) is 1.26. The second-order valence-corrected chi connectivity index (χ2v) is 6.42. The van der Waals surface area contributed by atoms with Gasteiger partial charge in [-0.15, -0.1) is 0 Å². The van der Waals surface area contributed by atoms with Crippen molar-refractivity contribution in [2.45, 2.75) is 71.4 Å². The number of amides is 1. The van der Waals surface area contributed by atoms with Crippen LogP contribution in [-0.2, 0) is 4.79 Å². The average Bonchev–Trinajstić information content (AvgIpc) is 2.91. The van der Waals surface area contributed by atoms with Gasteiger partial charge < -0.3 is 10.1 Å². The minimum atomic E-state index is -0.449. The summed E-state index contributed by atoms with van der Waals surface area (Å²) in [6.45, 7) is 8.27. The van der Waals surface area contributed by atoms with Gasteiger partial charge in [-0.25, -0.2) is 0 Å². The summed E-state index contributed by atoms with van der Waals surface area (Å²) in [7, 11) is 0. The van der Waals surface area contributed by atoms with Gasteiger partial charge in [0.2, 0.25) is 0 Å². The molecule has 21 heavy (non-hydrogen) atoms. The molecule has 1 N–H and O–H groups in total. The van der Waals surface area contributed by atoms with Crippen LogP contribution in [0.2, 0.25) is 0 Å². The van der Waals surface area contributed by atoms with E-state index in [0.29, 0.717) is 12.0 Å². The molecule has 1 atom stereocenters. The highest BCUT2D eigenvalue weighted by Crippen LogP contribution is 2.24. The third-order valence-corrected chi connectivity index (χ3v) is 4.25. The Balaban J connectivity index is 1.93. The lowest BCUT2D eigenvalue weighted by Crippen LogP contribution is -2.41. The van der Waals surface area contributed by atoms with Crippen molar-refractivity contribution in [2.75, 3.05) is 0 Å². The number of carbonyl (C=O) groups excluding carboxylic acids is 1. The van der Waals surface area contributed by atoms with E-state index in [4.69, 9.17) is 4.74 Å². The first-order valence-corrected chi connectivity index (χ1v) is 8.05. The van der Waals surface area contributed by atoms with Crippen molar-refractivity contribution in [3.63, 3.8) is 0 Å². The number of nitrogens with one attached hydrogen (secondary N) is 1. The highest BCUT2D eigenvalue weighted by atomic mass is 16.5. The topological polar surface area (TPSA) is 38.3 Å². The van der Waals surface area contributed by atoms with Crippen LogP contribution in [0.5, 0.6) is 5.75 Å². The van der Waals surface area contributed by atoms with E-state index in [1.54, 1.807) is 0 Å². The van der Waals surface area contributed by atoms with E-state index in [0.717, 1.165) is 18.6 Å². The van der Waals surface area contributed by atoms with Gasteiger partial charge in [-0.1, -0.05) is 32.8 Å². The first-order valence-electron chi connectivity index (χ1n) is 8.05. The maximum absolute atomic E-state index is 12.1. The van der Waals surface area contributed by atoms with Crippen molar-refractivity contribution in [3.8, 4) is 5.75 Å². The van der Waals surface area contributed by atoms with E-state index in [9.17, 15) is 4.79 Å². The largest absolute Gasteiger partial charge is 0.481 e. The van der Waals surface area contributed by atoms with Crippen molar-refractivity contribution >= 4 is 5.91 Å². The molecule has 0 spiro atoms. The molecule has 0 saturated heterocycles. The smallest absolute Gasteiger partial charge is 0.260 e. The Morgan fingerprint density at radius 2 is 1.90 bits per heavy atom. The van der Waals surface area contributed by atoms with Crippen LogP contribution in [0.25, 0.3) is 0 Å². The summed E-state index contributed by atoms with van der Waals surface area (Å²) in [4.78, 5) is 12.1. The monoisotopic (exact) mass is 289 g/mol. The minimum Gasteiger partial charge on any atom is -0.481 e. The van der Waals surface area contributed by atoms with Crippen LogP contribution >= 0.6 is 0 Å². The van der Waals surface area contributed by atoms with Gasteiger partial charge >= 0.3 is 0 Å². The zero-order valence-corrected chi connectivity index (χ0v) is 13.6. The Morgan fingerprint density at radius 1 is 1.24 bits per heavy atom. The van der Waals surface area contributed by atoms with E-state index in [-0.39, 0.29) is 5.91 Å². The third-order valence-electron chi connectivity index (χ3n) is 4.25. The molecule has 1 saturated carbocycles. The number of hydrogen-bond donors (Lipinski definition) is 1. The number of aryl methyl sites for hydroxylation is 1. The number of hydrogen-bond acceptors (Lipinski definition) is 2. The summed E-state index contributed by atoms with van der Waals surface area (Å²) >= 11 is 0. The fourth-order valence-electron chi connectivity index (χ4n) is 3.02. The van der Waals surface area contributed by atoms with E-state index in [1.165, 1.54) is 24.0 Å². The van der Waals surface area contributed by atoms with Gasteiger partial charge in [0.1, 0.15) is 5.75 Å². The molecule has 1 aliphatic carbocycles. The molecular weight excluding hydrogens is 262 g/mol. The zero-order chi connectivity index (χ0) is 15.4. The molecule has 0 bridgehead atoms. The molecular formula is C18H27NO2. The van der Waals surface area contributed by atoms with E-state index in [1.807, 2.05) is 19.1 Å². The van der Waals surface area contributed by atoms with Crippen molar-refractivity contribution in [1.29, 1.82) is 0 Å². The SMILES string of the molecule is Cc1cc(OC(C)C(=O)NC2CCCC2)ccc1C(C)C. The van der Waals surface area contributed by atoms with Gasteiger partial charge in [0.05, 0.1) is 0 Å². The second-order valence-electron chi connectivity index (χ2n) is 6.42. The van der Waals surface area contributed by atoms with Crippen molar-refractivity contribution < 1.29 is 9.53 Å². The average molecular weight is 289 g/mol. The van der Waals surface area contributed by atoms with Crippen molar-refractivity contribution in [2.24, 2.45) is 0 Å². The lowest BCUT2D eigenvalue weighted by Gasteiger charge is -2.19. The summed E-state index contributed by atoms with van der Waals surface area (Å²) in [6.07, 6.45) is 4.18. The Labute approximate surface area is 128 Å². The molecule has 0 heterocycles. The maximum Gasteiger partial charge on any atom is 0.260 e. The summed E-state index contributed by atoms with van der Waals surface area (Å²) in [6, 6.07) is 6.42. The molecule has 1 amide bonds. The normalized spacial score (nSPS) is 17.0. The summed E-state index contributed by atoms with van der Waals surface area (Å²) in [5, 5.41) is 3.08. The predicted octanol–water partition coefficient (Wildman–Crippen LogP) is 3.94. The minimum absolute atomic E-state index is 0.00695. The maximum atomic E-state index is 12.1. The lowest BCUT2D eigenvalue weighted by atomic mass is 9.98. The van der Waals surface area contributed by atoms with Crippen LogP contribution in [0.1, 0.15) is 63.5 Å². The first kappa shape index (κ1) is 15.9. The number of rotatable bonds is 5. The molecule has 1 aliphatic rings. The Hall–Kier alpha value is -1.51. The molecule has 116 valence electrons. The first-order chi connectivity index (χ1) is 9.97. The second kappa shape index (κ2) is 6.97. The van der Waals surface area contributed by atoms with E-state index in [2.05, 4.69) is 32.2 Å². The van der Waals surface area contributed by atoms with Crippen LogP contribution in [0.3, 0.4) is 0 Å². The standard InChI is InChI=1S/C18H27NO2/c1-12(2)17-10-9-16(11-13(17)3)21-14(4)18(20)19-15-7-5-6-8-15/h9-12,14-15H,5-8H2,1-4H3,(H,19,20). The van der Waals surface area contributed by atoms with Crippen molar-refractivity contribution in [3.05, 3.63) is 29.3 Å². The van der Waals surface area contributed by atoms with Crippen LogP contribution < -0.4 is 10.1 Å². The number of ether oxygens (including phenoxy) is 1. The van der Waals surface area contributed by atoms with Crippen LogP contribution in [-0.4, -0.2) is 18.1 Å².